The van der Waals surface area contributed by atoms with E-state index >= 15 is 0 Å². The molecule has 36 heavy (non-hydrogen) atoms. The number of aromatic amines is 1. The maximum Gasteiger partial charge on any atom is 0.264 e. The van der Waals surface area contributed by atoms with Crippen LogP contribution < -0.4 is 26.0 Å². The molecule has 9 heteroatoms. The number of piperazine rings is 1. The predicted molar refractivity (Wildman–Crippen MR) is 149 cm³/mol. The smallest absolute Gasteiger partial charge is 0.264 e. The van der Waals surface area contributed by atoms with Gasteiger partial charge >= 0.3 is 0 Å². The number of piperidine rings is 1. The van der Waals surface area contributed by atoms with E-state index in [0.29, 0.717) is 22.3 Å². The van der Waals surface area contributed by atoms with Crippen molar-refractivity contribution in [3.63, 3.8) is 0 Å². The molecular formula is C27H31N7OS. The quantitative estimate of drug-likeness (QED) is 0.383. The van der Waals surface area contributed by atoms with Crippen molar-refractivity contribution in [2.45, 2.75) is 25.8 Å². The van der Waals surface area contributed by atoms with Gasteiger partial charge < -0.3 is 20.4 Å². The molecule has 2 aromatic carbocycles. The summed E-state index contributed by atoms with van der Waals surface area (Å²) in [6.45, 7) is 7.39. The summed E-state index contributed by atoms with van der Waals surface area (Å²) in [5, 5.41) is 7.74. The number of aromatic nitrogens is 3. The molecule has 2 saturated heterocycles. The second kappa shape index (κ2) is 9.91. The molecule has 4 aromatic rings. The summed E-state index contributed by atoms with van der Waals surface area (Å²) in [6.07, 6.45) is 2.15. The number of nitrogens with zero attached hydrogens (tertiary/aromatic N) is 4. The van der Waals surface area contributed by atoms with Gasteiger partial charge in [0.2, 0.25) is 5.95 Å². The zero-order valence-electron chi connectivity index (χ0n) is 20.5. The van der Waals surface area contributed by atoms with Crippen molar-refractivity contribution in [1.29, 1.82) is 0 Å². The molecule has 0 radical (unpaired) electrons. The van der Waals surface area contributed by atoms with Crippen LogP contribution in [0.3, 0.4) is 0 Å². The Hall–Kier alpha value is -3.43. The van der Waals surface area contributed by atoms with Crippen LogP contribution in [0.2, 0.25) is 0 Å². The van der Waals surface area contributed by atoms with Gasteiger partial charge in [0.05, 0.1) is 10.2 Å². The van der Waals surface area contributed by atoms with Crippen LogP contribution in [0.25, 0.3) is 20.8 Å². The first-order chi connectivity index (χ1) is 17.7. The number of thiazole rings is 1. The van der Waals surface area contributed by atoms with Crippen molar-refractivity contribution in [3.8, 4) is 10.6 Å². The number of rotatable bonds is 5. The van der Waals surface area contributed by atoms with Crippen LogP contribution in [0.15, 0.2) is 53.3 Å². The summed E-state index contributed by atoms with van der Waals surface area (Å²) in [6, 6.07) is 16.7. The minimum absolute atomic E-state index is 0.147. The van der Waals surface area contributed by atoms with E-state index in [1.165, 1.54) is 22.6 Å². The fourth-order valence-corrected chi connectivity index (χ4v) is 6.15. The first-order valence-corrected chi connectivity index (χ1v) is 13.5. The Labute approximate surface area is 214 Å². The molecule has 8 nitrogen and oxygen atoms in total. The molecule has 3 N–H and O–H groups in total. The zero-order chi connectivity index (χ0) is 24.5. The highest BCUT2D eigenvalue weighted by molar-refractivity contribution is 7.21. The molecule has 0 aliphatic carbocycles. The molecule has 0 saturated carbocycles. The normalized spacial score (nSPS) is 18.5. The molecule has 186 valence electrons. The summed E-state index contributed by atoms with van der Waals surface area (Å²) in [5.74, 6) is 1.25. The van der Waals surface area contributed by atoms with Crippen LogP contribution in [0, 0.1) is 6.92 Å². The minimum Gasteiger partial charge on any atom is -0.368 e. The van der Waals surface area contributed by atoms with Gasteiger partial charge in [-0.2, -0.15) is 4.98 Å². The number of aryl methyl sites for hydroxylation is 1. The van der Waals surface area contributed by atoms with Crippen LogP contribution in [0.1, 0.15) is 18.4 Å². The average Bonchev–Trinajstić information content (AvgIpc) is 3.33. The second-order valence-electron chi connectivity index (χ2n) is 9.55. The van der Waals surface area contributed by atoms with Gasteiger partial charge in [0.25, 0.3) is 5.56 Å². The van der Waals surface area contributed by atoms with Crippen molar-refractivity contribution in [2.24, 2.45) is 0 Å². The van der Waals surface area contributed by atoms with Gasteiger partial charge in [0, 0.05) is 44.5 Å². The van der Waals surface area contributed by atoms with Crippen molar-refractivity contribution >= 4 is 39.0 Å². The van der Waals surface area contributed by atoms with E-state index in [-0.39, 0.29) is 11.6 Å². The van der Waals surface area contributed by atoms with Crippen LogP contribution >= 0.6 is 11.3 Å². The van der Waals surface area contributed by atoms with Gasteiger partial charge in [0.15, 0.2) is 0 Å². The number of para-hydroxylation sites is 2. The van der Waals surface area contributed by atoms with Gasteiger partial charge in [-0.05, 0) is 50.1 Å². The Morgan fingerprint density at radius 2 is 1.78 bits per heavy atom. The SMILES string of the molecule is Cc1ccccc1N1CCN(c2nc(NC3CCCNC3)c(-c3nc4ccccc4s3)c(=O)[nH]2)CC1. The Morgan fingerprint density at radius 1 is 1.00 bits per heavy atom. The highest BCUT2D eigenvalue weighted by Gasteiger charge is 2.25. The average molecular weight is 502 g/mol. The molecule has 2 aliphatic heterocycles. The van der Waals surface area contributed by atoms with Crippen molar-refractivity contribution < 1.29 is 0 Å². The van der Waals surface area contributed by atoms with E-state index in [0.717, 1.165) is 62.3 Å². The van der Waals surface area contributed by atoms with Crippen LogP contribution in [0.5, 0.6) is 0 Å². The van der Waals surface area contributed by atoms with Gasteiger partial charge in [-0.25, -0.2) is 4.98 Å². The maximum atomic E-state index is 13.5. The third-order valence-electron chi connectivity index (χ3n) is 7.09. The minimum atomic E-state index is -0.147. The Morgan fingerprint density at radius 3 is 2.56 bits per heavy atom. The summed E-state index contributed by atoms with van der Waals surface area (Å²) in [5.41, 5.74) is 3.84. The van der Waals surface area contributed by atoms with E-state index in [4.69, 9.17) is 9.97 Å². The molecule has 4 heterocycles. The molecule has 0 spiro atoms. The number of H-pyrrole nitrogens is 1. The first-order valence-electron chi connectivity index (χ1n) is 12.7. The molecule has 1 atom stereocenters. The topological polar surface area (TPSA) is 89.2 Å². The van der Waals surface area contributed by atoms with Gasteiger partial charge in [0.1, 0.15) is 16.4 Å². The van der Waals surface area contributed by atoms with E-state index in [9.17, 15) is 4.79 Å². The molecule has 1 unspecified atom stereocenters. The fraction of sp³-hybridized carbons (Fsp3) is 0.370. The summed E-state index contributed by atoms with van der Waals surface area (Å²) >= 11 is 1.53. The lowest BCUT2D eigenvalue weighted by Gasteiger charge is -2.37. The summed E-state index contributed by atoms with van der Waals surface area (Å²) < 4.78 is 1.06. The third-order valence-corrected chi connectivity index (χ3v) is 8.14. The van der Waals surface area contributed by atoms with Crippen LogP contribution in [-0.4, -0.2) is 60.3 Å². The summed E-state index contributed by atoms with van der Waals surface area (Å²) in [7, 11) is 0. The molecule has 2 fully saturated rings. The maximum absolute atomic E-state index is 13.5. The van der Waals surface area contributed by atoms with Crippen LogP contribution in [0.4, 0.5) is 17.5 Å². The molecule has 0 amide bonds. The van der Waals surface area contributed by atoms with Crippen molar-refractivity contribution in [2.75, 3.05) is 54.4 Å². The Bertz CT molecular complexity index is 1380. The lowest BCUT2D eigenvalue weighted by molar-refractivity contribution is 0.479. The number of fused-ring (bicyclic) bond motifs is 1. The zero-order valence-corrected chi connectivity index (χ0v) is 21.3. The van der Waals surface area contributed by atoms with Gasteiger partial charge in [-0.15, -0.1) is 11.3 Å². The van der Waals surface area contributed by atoms with Crippen molar-refractivity contribution in [3.05, 3.63) is 64.4 Å². The van der Waals surface area contributed by atoms with Gasteiger partial charge in [-0.1, -0.05) is 30.3 Å². The molecular weight excluding hydrogens is 470 g/mol. The van der Waals surface area contributed by atoms with E-state index in [1.54, 1.807) is 0 Å². The molecule has 2 aromatic heterocycles. The summed E-state index contributed by atoms with van der Waals surface area (Å²) in [4.78, 5) is 31.0. The van der Waals surface area contributed by atoms with Crippen LogP contribution in [-0.2, 0) is 0 Å². The van der Waals surface area contributed by atoms with Gasteiger partial charge in [-0.3, -0.25) is 9.78 Å². The second-order valence-corrected chi connectivity index (χ2v) is 10.6. The van der Waals surface area contributed by atoms with E-state index < -0.39 is 0 Å². The lowest BCUT2D eigenvalue weighted by atomic mass is 10.1. The molecule has 2 aliphatic rings. The molecule has 0 bridgehead atoms. The first kappa shape index (κ1) is 23.0. The highest BCUT2D eigenvalue weighted by Crippen LogP contribution is 2.33. The number of nitrogens with one attached hydrogen (secondary N) is 3. The predicted octanol–water partition coefficient (Wildman–Crippen LogP) is 3.85. The largest absolute Gasteiger partial charge is 0.368 e. The number of benzene rings is 2. The Balaban J connectivity index is 1.31. The highest BCUT2D eigenvalue weighted by atomic mass is 32.1. The third kappa shape index (κ3) is 4.56. The Kier molecular flexibility index (Phi) is 6.33. The number of hydrogen-bond donors (Lipinski definition) is 3. The van der Waals surface area contributed by atoms with E-state index in [2.05, 4.69) is 56.6 Å². The van der Waals surface area contributed by atoms with Crippen molar-refractivity contribution in [1.82, 2.24) is 20.3 Å². The fourth-order valence-electron chi connectivity index (χ4n) is 5.14. The standard InChI is InChI=1S/C27H31N7OS/c1-18-7-2-4-10-21(18)33-13-15-34(16-14-33)27-31-24(29-19-8-6-12-28-17-19)23(25(35)32-27)26-30-20-9-3-5-11-22(20)36-26/h2-5,7,9-11,19,28H,6,8,12-17H2,1H3,(H2,29,31,32,35). The monoisotopic (exact) mass is 501 g/mol. The number of anilines is 3. The lowest BCUT2D eigenvalue weighted by Crippen LogP contribution is -2.48. The number of hydrogen-bond acceptors (Lipinski definition) is 8. The van der Waals surface area contributed by atoms with E-state index in [1.807, 2.05) is 24.3 Å². The molecule has 6 rings (SSSR count).